The Balaban J connectivity index is 1.41. The normalized spacial score (nSPS) is 31.9. The Labute approximate surface area is 294 Å². The summed E-state index contributed by atoms with van der Waals surface area (Å²) in [6.45, 7) is 7.68. The quantitative estimate of drug-likeness (QED) is 0.336. The highest BCUT2D eigenvalue weighted by Crippen LogP contribution is 2.53. The Morgan fingerprint density at radius 2 is 1.85 bits per heavy atom. The van der Waals surface area contributed by atoms with Crippen molar-refractivity contribution in [3.05, 3.63) is 58.1 Å². The van der Waals surface area contributed by atoms with E-state index in [-0.39, 0.29) is 28.3 Å². The number of nitrogens with one attached hydrogen (secondary N) is 1. The zero-order chi connectivity index (χ0) is 33.3. The van der Waals surface area contributed by atoms with Gasteiger partial charge in [0.2, 0.25) is 10.0 Å². The SMILES string of the molecule is CCCc1cc(Cl)ccc1[C@@H]1COc2ccc3cc2N(C1)C[C@@H]1CC[C@H]1[C@@](O)(C1SCCCS1)CCC[C@H](C)[C@@H](C)S(=O)(=O)NC3=O. The molecule has 3 aliphatic heterocycles. The number of carbonyl (C=O) groups excluding carboxylic acids is 1. The van der Waals surface area contributed by atoms with Crippen LogP contribution in [0.25, 0.3) is 0 Å². The lowest BCUT2D eigenvalue weighted by Gasteiger charge is -2.52. The number of hydrogen-bond donors (Lipinski definition) is 2. The third-order valence-corrected chi connectivity index (χ3v) is 16.5. The van der Waals surface area contributed by atoms with E-state index in [0.29, 0.717) is 37.3 Å². The highest BCUT2D eigenvalue weighted by atomic mass is 35.5. The van der Waals surface area contributed by atoms with Crippen LogP contribution in [-0.2, 0) is 16.4 Å². The second-order valence-electron chi connectivity index (χ2n) is 14.1. The van der Waals surface area contributed by atoms with Crippen molar-refractivity contribution in [3.63, 3.8) is 0 Å². The van der Waals surface area contributed by atoms with Crippen molar-refractivity contribution in [1.29, 1.82) is 0 Å². The minimum Gasteiger partial charge on any atom is -0.491 e. The van der Waals surface area contributed by atoms with Crippen LogP contribution in [0.15, 0.2) is 36.4 Å². The number of nitrogens with zero attached hydrogens (tertiary/aromatic N) is 1. The highest BCUT2D eigenvalue weighted by molar-refractivity contribution is 8.17. The van der Waals surface area contributed by atoms with Crippen molar-refractivity contribution < 1.29 is 23.1 Å². The third kappa shape index (κ3) is 7.47. The molecule has 0 aromatic heterocycles. The first kappa shape index (κ1) is 35.2. The Morgan fingerprint density at radius 1 is 1.06 bits per heavy atom. The number of benzene rings is 2. The van der Waals surface area contributed by atoms with Crippen LogP contribution in [0.5, 0.6) is 5.75 Å². The average molecular weight is 721 g/mol. The Morgan fingerprint density at radius 3 is 2.57 bits per heavy atom. The number of hydrogen-bond acceptors (Lipinski definition) is 8. The van der Waals surface area contributed by atoms with Gasteiger partial charge in [-0.05, 0) is 116 Å². The molecule has 2 aromatic rings. The van der Waals surface area contributed by atoms with Crippen LogP contribution in [0.4, 0.5) is 5.69 Å². The first-order valence-electron chi connectivity index (χ1n) is 17.3. The fraction of sp³-hybridized carbons (Fsp3) is 0.639. The van der Waals surface area contributed by atoms with Crippen molar-refractivity contribution in [1.82, 2.24) is 4.72 Å². The number of rotatable bonds is 4. The Kier molecular flexibility index (Phi) is 11.0. The molecule has 0 unspecified atom stereocenters. The molecule has 11 heteroatoms. The van der Waals surface area contributed by atoms with E-state index in [1.165, 1.54) is 11.1 Å². The minimum absolute atomic E-state index is 0.0636. The molecule has 0 spiro atoms. The van der Waals surface area contributed by atoms with E-state index in [2.05, 4.69) is 28.7 Å². The third-order valence-electron chi connectivity index (χ3n) is 11.0. The number of carbonyl (C=O) groups is 1. The molecule has 258 valence electrons. The lowest BCUT2D eigenvalue weighted by molar-refractivity contribution is -0.0763. The molecule has 1 saturated carbocycles. The van der Waals surface area contributed by atoms with E-state index in [1.54, 1.807) is 25.1 Å². The zero-order valence-corrected chi connectivity index (χ0v) is 31.0. The number of sulfonamides is 1. The van der Waals surface area contributed by atoms with Gasteiger partial charge >= 0.3 is 0 Å². The number of amides is 1. The van der Waals surface area contributed by atoms with Gasteiger partial charge in [0.1, 0.15) is 5.75 Å². The maximum atomic E-state index is 13.5. The molecule has 2 aromatic carbocycles. The van der Waals surface area contributed by atoms with Gasteiger partial charge in [0.15, 0.2) is 0 Å². The van der Waals surface area contributed by atoms with Gasteiger partial charge < -0.3 is 14.7 Å². The molecule has 2 bridgehead atoms. The van der Waals surface area contributed by atoms with Crippen molar-refractivity contribution in [2.45, 2.75) is 93.5 Å². The molecule has 6 rings (SSSR count). The highest BCUT2D eigenvalue weighted by Gasteiger charge is 2.52. The second-order valence-corrected chi connectivity index (χ2v) is 19.3. The lowest BCUT2D eigenvalue weighted by Crippen LogP contribution is -2.56. The summed E-state index contributed by atoms with van der Waals surface area (Å²) in [7, 11) is -3.92. The molecular weight excluding hydrogens is 672 g/mol. The summed E-state index contributed by atoms with van der Waals surface area (Å²) in [6.07, 6.45) is 7.18. The molecule has 1 aliphatic carbocycles. The van der Waals surface area contributed by atoms with E-state index < -0.39 is 26.8 Å². The summed E-state index contributed by atoms with van der Waals surface area (Å²) in [6, 6.07) is 11.4. The molecule has 2 N–H and O–H groups in total. The predicted molar refractivity (Wildman–Crippen MR) is 196 cm³/mol. The van der Waals surface area contributed by atoms with Crippen LogP contribution in [0.3, 0.4) is 0 Å². The van der Waals surface area contributed by atoms with Gasteiger partial charge in [-0.1, -0.05) is 44.4 Å². The standard InChI is InChI=1S/C36H49ClN2O5S3/c1-4-7-25-18-29(37)11-12-30(25)28-21-39-20-27-9-13-31(27)36(41,35-45-16-6-17-46-35)15-5-8-23(2)24(3)47(42,43)38-34(40)26-10-14-33(44-22-28)32(39)19-26/h10-12,14,18-19,23-24,27-28,31,35,41H,4-9,13,15-17,20-22H2,1-3H3,(H,38,40)/t23-,24+,27-,28-,31+,36+/m0/s1. The summed E-state index contributed by atoms with van der Waals surface area (Å²) in [5.41, 5.74) is 2.71. The van der Waals surface area contributed by atoms with Crippen molar-refractivity contribution in [3.8, 4) is 5.75 Å². The number of thioether (sulfide) groups is 2. The van der Waals surface area contributed by atoms with E-state index in [0.717, 1.165) is 67.3 Å². The summed E-state index contributed by atoms with van der Waals surface area (Å²) in [5.74, 6) is 2.52. The summed E-state index contributed by atoms with van der Waals surface area (Å²) < 4.78 is 35.8. The number of aryl methyl sites for hydroxylation is 1. The zero-order valence-electron chi connectivity index (χ0n) is 27.8. The van der Waals surface area contributed by atoms with Crippen LogP contribution in [0.2, 0.25) is 5.02 Å². The van der Waals surface area contributed by atoms with Crippen LogP contribution in [0, 0.1) is 17.8 Å². The second kappa shape index (κ2) is 14.7. The van der Waals surface area contributed by atoms with Crippen molar-refractivity contribution in [2.24, 2.45) is 17.8 Å². The summed E-state index contributed by atoms with van der Waals surface area (Å²) in [5, 5.41) is 12.7. The van der Waals surface area contributed by atoms with Gasteiger partial charge in [-0.15, -0.1) is 23.5 Å². The van der Waals surface area contributed by atoms with Crippen LogP contribution in [-0.4, -0.2) is 66.1 Å². The van der Waals surface area contributed by atoms with E-state index >= 15 is 0 Å². The van der Waals surface area contributed by atoms with Gasteiger partial charge in [-0.3, -0.25) is 4.79 Å². The molecule has 2 fully saturated rings. The smallest absolute Gasteiger partial charge is 0.264 e. The predicted octanol–water partition coefficient (Wildman–Crippen LogP) is 7.50. The molecule has 4 aliphatic rings. The minimum atomic E-state index is -3.92. The first-order chi connectivity index (χ1) is 22.5. The van der Waals surface area contributed by atoms with Crippen LogP contribution >= 0.6 is 35.1 Å². The lowest BCUT2D eigenvalue weighted by atomic mass is 9.63. The fourth-order valence-corrected chi connectivity index (χ4v) is 12.8. The number of ether oxygens (including phenoxy) is 1. The van der Waals surface area contributed by atoms with Gasteiger partial charge in [0.25, 0.3) is 5.91 Å². The molecular formula is C36H49ClN2O5S3. The van der Waals surface area contributed by atoms with Crippen LogP contribution < -0.4 is 14.4 Å². The number of fused-ring (bicyclic) bond motifs is 2. The van der Waals surface area contributed by atoms with E-state index in [9.17, 15) is 18.3 Å². The molecule has 3 heterocycles. The van der Waals surface area contributed by atoms with Crippen molar-refractivity contribution in [2.75, 3.05) is 36.1 Å². The molecule has 47 heavy (non-hydrogen) atoms. The summed E-state index contributed by atoms with van der Waals surface area (Å²) >= 11 is 10.2. The Hall–Kier alpha value is -1.59. The molecule has 7 nitrogen and oxygen atoms in total. The number of anilines is 1. The molecule has 1 amide bonds. The number of halogens is 1. The molecule has 0 radical (unpaired) electrons. The first-order valence-corrected chi connectivity index (χ1v) is 21.3. The molecule has 6 atom stereocenters. The maximum absolute atomic E-state index is 13.5. The topological polar surface area (TPSA) is 95.9 Å². The molecule has 1 saturated heterocycles. The van der Waals surface area contributed by atoms with E-state index in [4.69, 9.17) is 16.3 Å². The summed E-state index contributed by atoms with van der Waals surface area (Å²) in [4.78, 5) is 15.8. The number of aliphatic hydroxyl groups is 1. The van der Waals surface area contributed by atoms with Gasteiger partial charge in [0, 0.05) is 29.6 Å². The largest absolute Gasteiger partial charge is 0.491 e. The van der Waals surface area contributed by atoms with Gasteiger partial charge in [0.05, 0.1) is 27.7 Å². The Bertz CT molecular complexity index is 1550. The van der Waals surface area contributed by atoms with Gasteiger partial charge in [-0.25, -0.2) is 13.1 Å². The maximum Gasteiger partial charge on any atom is 0.264 e. The van der Waals surface area contributed by atoms with E-state index in [1.807, 2.05) is 36.5 Å². The van der Waals surface area contributed by atoms with Crippen LogP contribution in [0.1, 0.15) is 93.1 Å². The average Bonchev–Trinajstić information content (AvgIpc) is 3.21. The van der Waals surface area contributed by atoms with Crippen molar-refractivity contribution >= 4 is 56.7 Å². The fourth-order valence-electron chi connectivity index (χ4n) is 7.97. The van der Waals surface area contributed by atoms with Gasteiger partial charge in [-0.2, -0.15) is 0 Å². The monoisotopic (exact) mass is 720 g/mol.